The Balaban J connectivity index is 1.64. The molecular weight excluding hydrogens is 368 g/mol. The van der Waals surface area contributed by atoms with Crippen LogP contribution in [0.2, 0.25) is 5.15 Å². The zero-order valence-electron chi connectivity index (χ0n) is 14.6. The predicted molar refractivity (Wildman–Crippen MR) is 103 cm³/mol. The molecule has 0 saturated heterocycles. The molecule has 0 bridgehead atoms. The first-order valence-electron chi connectivity index (χ1n) is 8.16. The molecule has 1 aromatic carbocycles. The lowest BCUT2D eigenvalue weighted by atomic mass is 10.3. The number of aryl methyl sites for hydroxylation is 3. The molecule has 0 radical (unpaired) electrons. The first kappa shape index (κ1) is 17.1. The van der Waals surface area contributed by atoms with Crippen LogP contribution in [0.1, 0.15) is 22.6 Å². The zero-order chi connectivity index (χ0) is 18.3. The molecule has 0 amide bonds. The van der Waals surface area contributed by atoms with Crippen molar-refractivity contribution in [3.05, 3.63) is 64.2 Å². The van der Waals surface area contributed by atoms with Gasteiger partial charge < -0.3 is 0 Å². The molecule has 0 spiro atoms. The van der Waals surface area contributed by atoms with E-state index in [1.165, 1.54) is 0 Å². The summed E-state index contributed by atoms with van der Waals surface area (Å²) in [6.45, 7) is 5.95. The minimum atomic E-state index is 0.618. The first-order valence-corrected chi connectivity index (χ1v) is 9.52. The van der Waals surface area contributed by atoms with Gasteiger partial charge >= 0.3 is 0 Å². The van der Waals surface area contributed by atoms with Gasteiger partial charge in [-0.3, -0.25) is 4.40 Å². The van der Waals surface area contributed by atoms with Crippen LogP contribution in [0.4, 0.5) is 0 Å². The summed E-state index contributed by atoms with van der Waals surface area (Å²) in [5.74, 6) is 1.28. The van der Waals surface area contributed by atoms with Crippen molar-refractivity contribution in [1.29, 1.82) is 0 Å². The molecule has 3 aromatic heterocycles. The van der Waals surface area contributed by atoms with E-state index in [-0.39, 0.29) is 0 Å². The van der Waals surface area contributed by atoms with Crippen LogP contribution in [0, 0.1) is 20.8 Å². The number of fused-ring (bicyclic) bond motifs is 1. The fraction of sp³-hybridized carbons (Fsp3) is 0.222. The topological polar surface area (TPSA) is 60.9 Å². The molecule has 6 nitrogen and oxygen atoms in total. The maximum atomic E-state index is 6.61. The number of benzene rings is 1. The summed E-state index contributed by atoms with van der Waals surface area (Å²) in [5, 5.41) is 14.5. The van der Waals surface area contributed by atoms with Gasteiger partial charge in [0.25, 0.3) is 5.78 Å². The highest BCUT2D eigenvalue weighted by molar-refractivity contribution is 7.98. The van der Waals surface area contributed by atoms with Crippen molar-refractivity contribution >= 4 is 29.1 Å². The van der Waals surface area contributed by atoms with E-state index < -0.39 is 0 Å². The smallest absolute Gasteiger partial charge is 0.256 e. The van der Waals surface area contributed by atoms with E-state index in [2.05, 4.69) is 20.3 Å². The van der Waals surface area contributed by atoms with Crippen LogP contribution in [0.3, 0.4) is 0 Å². The van der Waals surface area contributed by atoms with E-state index in [1.54, 1.807) is 16.4 Å². The highest BCUT2D eigenvalue weighted by atomic mass is 35.5. The maximum Gasteiger partial charge on any atom is 0.256 e. The molecule has 0 aliphatic heterocycles. The third kappa shape index (κ3) is 2.97. The third-order valence-electron chi connectivity index (χ3n) is 4.13. The van der Waals surface area contributed by atoms with E-state index in [4.69, 9.17) is 11.6 Å². The monoisotopic (exact) mass is 384 g/mol. The van der Waals surface area contributed by atoms with Crippen LogP contribution in [0.5, 0.6) is 0 Å². The average molecular weight is 385 g/mol. The van der Waals surface area contributed by atoms with Crippen LogP contribution in [0.25, 0.3) is 11.5 Å². The van der Waals surface area contributed by atoms with Crippen molar-refractivity contribution in [3.63, 3.8) is 0 Å². The summed E-state index contributed by atoms with van der Waals surface area (Å²) in [6, 6.07) is 11.9. The van der Waals surface area contributed by atoms with Crippen LogP contribution >= 0.6 is 23.4 Å². The Bertz CT molecular complexity index is 1090. The second-order valence-corrected chi connectivity index (χ2v) is 7.35. The minimum Gasteiger partial charge on any atom is -0.259 e. The molecular formula is C18H17ClN6S. The highest BCUT2D eigenvalue weighted by Crippen LogP contribution is 2.30. The van der Waals surface area contributed by atoms with Crippen molar-refractivity contribution in [2.45, 2.75) is 31.7 Å². The standard InChI is InChI=1S/C18H17ClN6S/c1-11-9-12(2)24-17(20-11)21-22-18(24)26-10-15-13(3)23-25(16(15)19)14-7-5-4-6-8-14/h4-9H,10H2,1-3H3. The lowest BCUT2D eigenvalue weighted by Gasteiger charge is -2.05. The van der Waals surface area contributed by atoms with Crippen LogP contribution in [-0.4, -0.2) is 29.4 Å². The number of nitrogens with zero attached hydrogens (tertiary/aromatic N) is 6. The number of halogens is 1. The summed E-state index contributed by atoms with van der Waals surface area (Å²) in [4.78, 5) is 4.42. The first-order chi connectivity index (χ1) is 12.5. The van der Waals surface area contributed by atoms with E-state index in [0.29, 0.717) is 16.7 Å². The van der Waals surface area contributed by atoms with E-state index in [0.717, 1.165) is 33.5 Å². The molecule has 132 valence electrons. The van der Waals surface area contributed by atoms with E-state index >= 15 is 0 Å². The van der Waals surface area contributed by atoms with Gasteiger partial charge in [-0.15, -0.1) is 10.2 Å². The average Bonchev–Trinajstić information content (AvgIpc) is 3.15. The number of para-hydroxylation sites is 1. The Hall–Kier alpha value is -2.38. The fourth-order valence-corrected chi connectivity index (χ4v) is 4.36. The van der Waals surface area contributed by atoms with Crippen molar-refractivity contribution in [3.8, 4) is 5.69 Å². The molecule has 0 aliphatic carbocycles. The molecule has 0 atom stereocenters. The fourth-order valence-electron chi connectivity index (χ4n) is 2.87. The highest BCUT2D eigenvalue weighted by Gasteiger charge is 2.17. The summed E-state index contributed by atoms with van der Waals surface area (Å²) >= 11 is 8.18. The Kier molecular flexibility index (Phi) is 4.42. The summed E-state index contributed by atoms with van der Waals surface area (Å²) < 4.78 is 3.73. The Labute approximate surface area is 160 Å². The van der Waals surface area contributed by atoms with Gasteiger partial charge in [0.05, 0.1) is 11.4 Å². The predicted octanol–water partition coefficient (Wildman–Crippen LogP) is 4.18. The molecule has 0 N–H and O–H groups in total. The van der Waals surface area contributed by atoms with Gasteiger partial charge in [-0.2, -0.15) is 5.10 Å². The number of hydrogen-bond acceptors (Lipinski definition) is 5. The molecule has 0 fully saturated rings. The van der Waals surface area contributed by atoms with Crippen LogP contribution in [-0.2, 0) is 5.75 Å². The number of rotatable bonds is 4. The van der Waals surface area contributed by atoms with Gasteiger partial charge in [-0.1, -0.05) is 41.6 Å². The van der Waals surface area contributed by atoms with Gasteiger partial charge in [0, 0.05) is 22.7 Å². The van der Waals surface area contributed by atoms with Crippen LogP contribution in [0.15, 0.2) is 41.6 Å². The lowest BCUT2D eigenvalue weighted by molar-refractivity contribution is 0.863. The van der Waals surface area contributed by atoms with Crippen LogP contribution < -0.4 is 0 Å². The van der Waals surface area contributed by atoms with E-state index in [9.17, 15) is 0 Å². The molecule has 0 aliphatic rings. The number of aromatic nitrogens is 6. The Morgan fingerprint density at radius 3 is 2.62 bits per heavy atom. The molecule has 4 rings (SSSR count). The summed E-state index contributed by atoms with van der Waals surface area (Å²) in [6.07, 6.45) is 0. The number of hydrogen-bond donors (Lipinski definition) is 0. The Morgan fingerprint density at radius 2 is 1.85 bits per heavy atom. The van der Waals surface area contributed by atoms with E-state index in [1.807, 2.05) is 61.6 Å². The second kappa shape index (κ2) is 6.74. The quantitative estimate of drug-likeness (QED) is 0.494. The summed E-state index contributed by atoms with van der Waals surface area (Å²) in [5.41, 5.74) is 4.84. The molecule has 3 heterocycles. The molecule has 0 saturated carbocycles. The van der Waals surface area contributed by atoms with Gasteiger partial charge in [0.1, 0.15) is 5.15 Å². The molecule has 26 heavy (non-hydrogen) atoms. The van der Waals surface area contributed by atoms with Gasteiger partial charge in [-0.05, 0) is 39.0 Å². The third-order valence-corrected chi connectivity index (χ3v) is 5.47. The maximum absolute atomic E-state index is 6.61. The normalized spacial score (nSPS) is 11.4. The largest absolute Gasteiger partial charge is 0.259 e. The van der Waals surface area contributed by atoms with Gasteiger partial charge in [0.15, 0.2) is 5.16 Å². The number of thioether (sulfide) groups is 1. The Morgan fingerprint density at radius 1 is 1.08 bits per heavy atom. The van der Waals surface area contributed by atoms with Crippen molar-refractivity contribution in [2.75, 3.05) is 0 Å². The minimum absolute atomic E-state index is 0.618. The molecule has 4 aromatic rings. The lowest BCUT2D eigenvalue weighted by Crippen LogP contribution is -1.98. The molecule has 0 unspecified atom stereocenters. The zero-order valence-corrected chi connectivity index (χ0v) is 16.2. The van der Waals surface area contributed by atoms with Gasteiger partial charge in [0.2, 0.25) is 0 Å². The molecule has 8 heteroatoms. The van der Waals surface area contributed by atoms with Crippen molar-refractivity contribution < 1.29 is 0 Å². The SMILES string of the molecule is Cc1cc(C)n2c(SCc3c(C)nn(-c4ccccc4)c3Cl)nnc2n1. The second-order valence-electron chi connectivity index (χ2n) is 6.05. The van der Waals surface area contributed by atoms with Crippen molar-refractivity contribution in [1.82, 2.24) is 29.4 Å². The van der Waals surface area contributed by atoms with Crippen molar-refractivity contribution in [2.24, 2.45) is 0 Å². The summed E-state index contributed by atoms with van der Waals surface area (Å²) in [7, 11) is 0. The van der Waals surface area contributed by atoms with Gasteiger partial charge in [-0.25, -0.2) is 9.67 Å².